The number of benzene rings is 1. The van der Waals surface area contributed by atoms with Crippen LogP contribution >= 0.6 is 11.3 Å². The number of hydrogen-bond donors (Lipinski definition) is 1. The van der Waals surface area contributed by atoms with E-state index in [0.29, 0.717) is 5.75 Å². The highest BCUT2D eigenvalue weighted by molar-refractivity contribution is 7.89. The zero-order chi connectivity index (χ0) is 14.6. The highest BCUT2D eigenvalue weighted by atomic mass is 32.2. The summed E-state index contributed by atoms with van der Waals surface area (Å²) in [4.78, 5) is 4.24. The van der Waals surface area contributed by atoms with Crippen molar-refractivity contribution >= 4 is 21.4 Å². The first kappa shape index (κ1) is 15.0. The highest BCUT2D eigenvalue weighted by Gasteiger charge is 2.14. The maximum atomic E-state index is 12.1. The topological polar surface area (TPSA) is 68.3 Å². The zero-order valence-electron chi connectivity index (χ0n) is 11.2. The first-order valence-electron chi connectivity index (χ1n) is 6.12. The van der Waals surface area contributed by atoms with Crippen molar-refractivity contribution in [2.24, 2.45) is 0 Å². The molecule has 0 amide bonds. The van der Waals surface area contributed by atoms with Gasteiger partial charge in [-0.25, -0.2) is 18.1 Å². The molecule has 0 saturated heterocycles. The van der Waals surface area contributed by atoms with Crippen LogP contribution in [-0.4, -0.2) is 19.5 Å². The lowest BCUT2D eigenvalue weighted by Crippen LogP contribution is -2.23. The van der Waals surface area contributed by atoms with Gasteiger partial charge in [0.15, 0.2) is 0 Å². The maximum absolute atomic E-state index is 12.1. The Morgan fingerprint density at radius 3 is 2.55 bits per heavy atom. The summed E-state index contributed by atoms with van der Waals surface area (Å²) in [6, 6.07) is 6.36. The summed E-state index contributed by atoms with van der Waals surface area (Å²) in [5, 5.41) is 2.54. The largest absolute Gasteiger partial charge is 0.491 e. The molecule has 0 aliphatic heterocycles. The van der Waals surface area contributed by atoms with Gasteiger partial charge in [-0.2, -0.15) is 0 Å². The van der Waals surface area contributed by atoms with Crippen molar-refractivity contribution in [3.8, 4) is 5.75 Å². The van der Waals surface area contributed by atoms with Crippen molar-refractivity contribution in [2.75, 3.05) is 0 Å². The van der Waals surface area contributed by atoms with E-state index >= 15 is 0 Å². The smallest absolute Gasteiger partial charge is 0.240 e. The summed E-state index contributed by atoms with van der Waals surface area (Å²) in [7, 11) is -3.52. The maximum Gasteiger partial charge on any atom is 0.240 e. The van der Waals surface area contributed by atoms with Crippen LogP contribution in [0.3, 0.4) is 0 Å². The van der Waals surface area contributed by atoms with Crippen LogP contribution in [0, 0.1) is 0 Å². The third-order valence-corrected chi connectivity index (χ3v) is 4.60. The van der Waals surface area contributed by atoms with Crippen molar-refractivity contribution in [1.82, 2.24) is 9.71 Å². The normalized spacial score (nSPS) is 11.8. The predicted octanol–water partition coefficient (Wildman–Crippen LogP) is 2.41. The van der Waals surface area contributed by atoms with Crippen LogP contribution in [0.25, 0.3) is 0 Å². The second kappa shape index (κ2) is 6.34. The van der Waals surface area contributed by atoms with Gasteiger partial charge in [-0.05, 0) is 38.1 Å². The van der Waals surface area contributed by atoms with E-state index in [1.807, 2.05) is 19.2 Å². The first-order valence-corrected chi connectivity index (χ1v) is 8.48. The summed E-state index contributed by atoms with van der Waals surface area (Å²) < 4.78 is 32.2. The summed E-state index contributed by atoms with van der Waals surface area (Å²) >= 11 is 1.41. The second-order valence-electron chi connectivity index (χ2n) is 4.39. The predicted molar refractivity (Wildman–Crippen MR) is 78.3 cm³/mol. The van der Waals surface area contributed by atoms with E-state index < -0.39 is 10.0 Å². The zero-order valence-corrected chi connectivity index (χ0v) is 12.9. The summed E-state index contributed by atoms with van der Waals surface area (Å²) in [5.41, 5.74) is 0. The highest BCUT2D eigenvalue weighted by Crippen LogP contribution is 2.17. The van der Waals surface area contributed by atoms with Gasteiger partial charge in [0.2, 0.25) is 10.0 Å². The van der Waals surface area contributed by atoms with Gasteiger partial charge in [0.05, 0.1) is 17.5 Å². The van der Waals surface area contributed by atoms with E-state index in [0.717, 1.165) is 5.01 Å². The van der Waals surface area contributed by atoms with Crippen LogP contribution in [-0.2, 0) is 16.6 Å². The van der Waals surface area contributed by atoms with Gasteiger partial charge in [-0.3, -0.25) is 0 Å². The van der Waals surface area contributed by atoms with Gasteiger partial charge in [-0.15, -0.1) is 11.3 Å². The van der Waals surface area contributed by atoms with Crippen molar-refractivity contribution in [3.63, 3.8) is 0 Å². The number of hydrogen-bond acceptors (Lipinski definition) is 5. The molecule has 20 heavy (non-hydrogen) atoms. The molecule has 0 aliphatic rings. The quantitative estimate of drug-likeness (QED) is 0.889. The number of nitrogens with zero attached hydrogens (tertiary/aromatic N) is 1. The molecule has 0 atom stereocenters. The molecule has 2 aromatic rings. The minimum atomic E-state index is -3.52. The molecule has 0 fully saturated rings. The van der Waals surface area contributed by atoms with E-state index in [2.05, 4.69) is 9.71 Å². The Labute approximate surface area is 122 Å². The monoisotopic (exact) mass is 312 g/mol. The lowest BCUT2D eigenvalue weighted by Gasteiger charge is -2.10. The van der Waals surface area contributed by atoms with Crippen LogP contribution in [0.4, 0.5) is 0 Å². The second-order valence-corrected chi connectivity index (χ2v) is 7.13. The lowest BCUT2D eigenvalue weighted by atomic mass is 10.3. The van der Waals surface area contributed by atoms with Crippen molar-refractivity contribution in [3.05, 3.63) is 40.8 Å². The molecule has 108 valence electrons. The van der Waals surface area contributed by atoms with Crippen LogP contribution in [0.2, 0.25) is 0 Å². The Morgan fingerprint density at radius 2 is 2.00 bits per heavy atom. The number of sulfonamides is 1. The fraction of sp³-hybridized carbons (Fsp3) is 0.308. The molecule has 0 aliphatic carbocycles. The van der Waals surface area contributed by atoms with Crippen LogP contribution in [0.1, 0.15) is 18.9 Å². The average molecular weight is 312 g/mol. The van der Waals surface area contributed by atoms with E-state index in [1.165, 1.54) is 23.5 Å². The van der Waals surface area contributed by atoms with Gasteiger partial charge in [0, 0.05) is 11.6 Å². The molecule has 0 unspecified atom stereocenters. The van der Waals surface area contributed by atoms with Gasteiger partial charge >= 0.3 is 0 Å². The van der Waals surface area contributed by atoms with Crippen LogP contribution < -0.4 is 9.46 Å². The average Bonchev–Trinajstić information content (AvgIpc) is 2.89. The molecular formula is C13H16N2O3S2. The summed E-state index contributed by atoms with van der Waals surface area (Å²) in [6.07, 6.45) is 1.70. The molecule has 1 heterocycles. The Bertz CT molecular complexity index is 635. The van der Waals surface area contributed by atoms with Crippen molar-refractivity contribution < 1.29 is 13.2 Å². The molecule has 0 bridgehead atoms. The number of ether oxygens (including phenoxy) is 1. The van der Waals surface area contributed by atoms with Gasteiger partial charge < -0.3 is 4.74 Å². The fourth-order valence-corrected chi connectivity index (χ4v) is 3.19. The Hall–Kier alpha value is -1.44. The minimum Gasteiger partial charge on any atom is -0.491 e. The van der Waals surface area contributed by atoms with E-state index in [-0.39, 0.29) is 17.5 Å². The molecular weight excluding hydrogens is 296 g/mol. The number of aromatic nitrogens is 1. The third-order valence-electron chi connectivity index (χ3n) is 2.40. The van der Waals surface area contributed by atoms with E-state index in [9.17, 15) is 8.42 Å². The Kier molecular flexibility index (Phi) is 4.74. The van der Waals surface area contributed by atoms with Crippen molar-refractivity contribution in [1.29, 1.82) is 0 Å². The molecule has 0 saturated carbocycles. The van der Waals surface area contributed by atoms with Gasteiger partial charge in [-0.1, -0.05) is 0 Å². The molecule has 0 spiro atoms. The van der Waals surface area contributed by atoms with E-state index in [4.69, 9.17) is 4.74 Å². The molecule has 2 rings (SSSR count). The SMILES string of the molecule is CC(C)Oc1ccc(S(=O)(=O)NCc2nccs2)cc1. The van der Waals surface area contributed by atoms with E-state index in [1.54, 1.807) is 18.3 Å². The molecule has 0 radical (unpaired) electrons. The van der Waals surface area contributed by atoms with Gasteiger partial charge in [0.1, 0.15) is 10.8 Å². The first-order chi connectivity index (χ1) is 9.47. The molecule has 7 heteroatoms. The molecule has 5 nitrogen and oxygen atoms in total. The minimum absolute atomic E-state index is 0.0560. The van der Waals surface area contributed by atoms with Crippen LogP contribution in [0.5, 0.6) is 5.75 Å². The van der Waals surface area contributed by atoms with Gasteiger partial charge in [0.25, 0.3) is 0 Å². The lowest BCUT2D eigenvalue weighted by molar-refractivity contribution is 0.242. The molecule has 1 aromatic carbocycles. The summed E-state index contributed by atoms with van der Waals surface area (Å²) in [5.74, 6) is 0.652. The third kappa shape index (κ3) is 4.03. The Balaban J connectivity index is 2.05. The molecule has 1 aromatic heterocycles. The Morgan fingerprint density at radius 1 is 1.30 bits per heavy atom. The van der Waals surface area contributed by atoms with Crippen LogP contribution in [0.15, 0.2) is 40.7 Å². The fourth-order valence-electron chi connectivity index (χ4n) is 1.55. The number of rotatable bonds is 6. The standard InChI is InChI=1S/C13H16N2O3S2/c1-10(2)18-11-3-5-12(6-4-11)20(16,17)15-9-13-14-7-8-19-13/h3-8,10,15H,9H2,1-2H3. The number of nitrogens with one attached hydrogen (secondary N) is 1. The molecule has 1 N–H and O–H groups in total. The number of thiazole rings is 1. The summed E-state index contributed by atoms with van der Waals surface area (Å²) in [6.45, 7) is 4.03. The van der Waals surface area contributed by atoms with Crippen molar-refractivity contribution in [2.45, 2.75) is 31.4 Å².